The number of sulfonamides is 1. The average molecular weight is 484 g/mol. The van der Waals surface area contributed by atoms with Crippen LogP contribution in [-0.4, -0.2) is 35.2 Å². The monoisotopic (exact) mass is 483 g/mol. The topological polar surface area (TPSA) is 115 Å². The summed E-state index contributed by atoms with van der Waals surface area (Å²) in [7, 11) is -3.78. The maximum absolute atomic E-state index is 12.7. The first kappa shape index (κ1) is 23.7. The number of carbonyl (C=O) groups excluding carboxylic acids is 1. The summed E-state index contributed by atoms with van der Waals surface area (Å²) >= 11 is 0. The van der Waals surface area contributed by atoms with Crippen molar-refractivity contribution in [1.82, 2.24) is 19.7 Å². The van der Waals surface area contributed by atoms with E-state index in [0.717, 1.165) is 42.8 Å². The zero-order chi connectivity index (χ0) is 24.3. The minimum absolute atomic E-state index is 0.0769. The number of anilines is 1. The maximum atomic E-state index is 12.7. The molecule has 0 aliphatic carbocycles. The number of nitrogens with one attached hydrogen (secondary N) is 2. The standard InChI is InChI=1S/C24H29N5O4S/c1-17-7-5-8-21(18(17)2)27-34(32,33)20-12-10-19(11-13-20)23(30)25-14-6-16-29-24(31)28-15-4-3-9-22(28)26-29/h5,7-8,10-13,27H,3-4,6,9,14-16H2,1-2H3,(H,25,30). The lowest BCUT2D eigenvalue weighted by atomic mass is 10.1. The molecule has 0 spiro atoms. The number of hydrogen-bond acceptors (Lipinski definition) is 5. The molecule has 10 heteroatoms. The van der Waals surface area contributed by atoms with E-state index in [1.807, 2.05) is 19.9 Å². The van der Waals surface area contributed by atoms with E-state index in [0.29, 0.717) is 30.8 Å². The summed E-state index contributed by atoms with van der Waals surface area (Å²) in [5.41, 5.74) is 2.65. The molecule has 1 aliphatic heterocycles. The van der Waals surface area contributed by atoms with Crippen LogP contribution in [-0.2, 0) is 29.5 Å². The van der Waals surface area contributed by atoms with Gasteiger partial charge in [-0.3, -0.25) is 14.1 Å². The Labute approximate surface area is 198 Å². The minimum atomic E-state index is -3.78. The number of hydrogen-bond donors (Lipinski definition) is 2. The number of aromatic nitrogens is 3. The van der Waals surface area contributed by atoms with Gasteiger partial charge in [-0.25, -0.2) is 17.9 Å². The molecule has 0 saturated carbocycles. The third-order valence-corrected chi connectivity index (χ3v) is 7.52. The number of benzene rings is 2. The van der Waals surface area contributed by atoms with Crippen LogP contribution in [0.25, 0.3) is 0 Å². The molecule has 1 aliphatic rings. The molecule has 4 rings (SSSR count). The molecule has 0 bridgehead atoms. The fourth-order valence-electron chi connectivity index (χ4n) is 3.98. The van der Waals surface area contributed by atoms with Crippen molar-refractivity contribution in [1.29, 1.82) is 0 Å². The molecule has 1 amide bonds. The SMILES string of the molecule is Cc1cccc(NS(=O)(=O)c2ccc(C(=O)NCCCn3nc4n(c3=O)CCCC4)cc2)c1C. The van der Waals surface area contributed by atoms with E-state index >= 15 is 0 Å². The van der Waals surface area contributed by atoms with Gasteiger partial charge in [0, 0.05) is 31.6 Å². The molecule has 0 fully saturated rings. The van der Waals surface area contributed by atoms with Gasteiger partial charge in [-0.05, 0) is 74.6 Å². The highest BCUT2D eigenvalue weighted by atomic mass is 32.2. The van der Waals surface area contributed by atoms with E-state index in [4.69, 9.17) is 0 Å². The zero-order valence-corrected chi connectivity index (χ0v) is 20.2. The van der Waals surface area contributed by atoms with Crippen molar-refractivity contribution in [3.8, 4) is 0 Å². The van der Waals surface area contributed by atoms with Crippen LogP contribution in [0, 0.1) is 13.8 Å². The second kappa shape index (κ2) is 9.84. The predicted octanol–water partition coefficient (Wildman–Crippen LogP) is 2.62. The summed E-state index contributed by atoms with van der Waals surface area (Å²) in [5.74, 6) is 0.533. The summed E-state index contributed by atoms with van der Waals surface area (Å²) in [6.45, 7) is 5.30. The summed E-state index contributed by atoms with van der Waals surface area (Å²) in [6, 6.07) is 11.2. The van der Waals surface area contributed by atoms with Crippen molar-refractivity contribution in [3.05, 3.63) is 75.5 Å². The van der Waals surface area contributed by atoms with Crippen molar-refractivity contribution < 1.29 is 13.2 Å². The van der Waals surface area contributed by atoms with Crippen LogP contribution in [0.3, 0.4) is 0 Å². The molecule has 2 aromatic carbocycles. The number of carbonyl (C=O) groups is 1. The summed E-state index contributed by atoms with van der Waals surface area (Å²) in [5, 5.41) is 7.20. The molecule has 0 saturated heterocycles. The molecular weight excluding hydrogens is 454 g/mol. The molecule has 0 radical (unpaired) electrons. The first-order valence-corrected chi connectivity index (χ1v) is 12.9. The van der Waals surface area contributed by atoms with Crippen LogP contribution < -0.4 is 15.7 Å². The molecule has 3 aromatic rings. The van der Waals surface area contributed by atoms with E-state index < -0.39 is 10.0 Å². The molecular formula is C24H29N5O4S. The zero-order valence-electron chi connectivity index (χ0n) is 19.4. The minimum Gasteiger partial charge on any atom is -0.352 e. The Kier molecular flexibility index (Phi) is 6.87. The third kappa shape index (κ3) is 5.06. The number of nitrogens with zero attached hydrogens (tertiary/aromatic N) is 3. The lowest BCUT2D eigenvalue weighted by Crippen LogP contribution is -2.29. The van der Waals surface area contributed by atoms with Crippen LogP contribution in [0.4, 0.5) is 5.69 Å². The molecule has 1 aromatic heterocycles. The highest BCUT2D eigenvalue weighted by Crippen LogP contribution is 2.22. The van der Waals surface area contributed by atoms with Gasteiger partial charge in [0.2, 0.25) is 0 Å². The lowest BCUT2D eigenvalue weighted by Gasteiger charge is -2.12. The number of aryl methyl sites for hydroxylation is 3. The summed E-state index contributed by atoms with van der Waals surface area (Å²) in [6.07, 6.45) is 3.43. The van der Waals surface area contributed by atoms with E-state index in [2.05, 4.69) is 15.1 Å². The van der Waals surface area contributed by atoms with Gasteiger partial charge in [0.25, 0.3) is 15.9 Å². The van der Waals surface area contributed by atoms with Gasteiger partial charge < -0.3 is 5.32 Å². The van der Waals surface area contributed by atoms with Crippen LogP contribution >= 0.6 is 0 Å². The Bertz CT molecular complexity index is 1360. The van der Waals surface area contributed by atoms with E-state index in [1.54, 1.807) is 16.7 Å². The summed E-state index contributed by atoms with van der Waals surface area (Å²) in [4.78, 5) is 24.9. The number of amides is 1. The number of rotatable bonds is 8. The fourth-order valence-corrected chi connectivity index (χ4v) is 5.10. The Morgan fingerprint density at radius 3 is 2.59 bits per heavy atom. The van der Waals surface area contributed by atoms with Crippen LogP contribution in [0.1, 0.15) is 46.6 Å². The second-order valence-corrected chi connectivity index (χ2v) is 10.2. The highest BCUT2D eigenvalue weighted by Gasteiger charge is 2.18. The van der Waals surface area contributed by atoms with Crippen molar-refractivity contribution in [3.63, 3.8) is 0 Å². The van der Waals surface area contributed by atoms with Crippen LogP contribution in [0.2, 0.25) is 0 Å². The van der Waals surface area contributed by atoms with E-state index in [1.165, 1.54) is 28.9 Å². The Morgan fingerprint density at radius 1 is 1.09 bits per heavy atom. The average Bonchev–Trinajstić information content (AvgIpc) is 3.15. The van der Waals surface area contributed by atoms with Crippen LogP contribution in [0.5, 0.6) is 0 Å². The van der Waals surface area contributed by atoms with E-state index in [-0.39, 0.29) is 16.5 Å². The Morgan fingerprint density at radius 2 is 1.85 bits per heavy atom. The number of fused-ring (bicyclic) bond motifs is 1. The smallest absolute Gasteiger partial charge is 0.345 e. The van der Waals surface area contributed by atoms with Gasteiger partial charge in [0.05, 0.1) is 10.6 Å². The quantitative estimate of drug-likeness (QED) is 0.478. The van der Waals surface area contributed by atoms with Crippen molar-refractivity contribution >= 4 is 21.6 Å². The fraction of sp³-hybridized carbons (Fsp3) is 0.375. The largest absolute Gasteiger partial charge is 0.352 e. The molecule has 34 heavy (non-hydrogen) atoms. The Balaban J connectivity index is 1.32. The molecule has 2 N–H and O–H groups in total. The molecule has 9 nitrogen and oxygen atoms in total. The first-order valence-electron chi connectivity index (χ1n) is 11.4. The summed E-state index contributed by atoms with van der Waals surface area (Å²) < 4.78 is 31.3. The lowest BCUT2D eigenvalue weighted by molar-refractivity contribution is 0.0952. The van der Waals surface area contributed by atoms with Gasteiger partial charge in [0.1, 0.15) is 5.82 Å². The van der Waals surface area contributed by atoms with Crippen molar-refractivity contribution in [2.45, 2.75) is 57.5 Å². The maximum Gasteiger partial charge on any atom is 0.345 e. The Hall–Kier alpha value is -3.40. The molecule has 2 heterocycles. The van der Waals surface area contributed by atoms with Gasteiger partial charge >= 0.3 is 5.69 Å². The first-order chi connectivity index (χ1) is 16.3. The normalized spacial score (nSPS) is 13.4. The highest BCUT2D eigenvalue weighted by molar-refractivity contribution is 7.92. The van der Waals surface area contributed by atoms with Crippen LogP contribution in [0.15, 0.2) is 52.2 Å². The predicted molar refractivity (Wildman–Crippen MR) is 130 cm³/mol. The van der Waals surface area contributed by atoms with E-state index in [9.17, 15) is 18.0 Å². The van der Waals surface area contributed by atoms with Gasteiger partial charge in [-0.2, -0.15) is 5.10 Å². The third-order valence-electron chi connectivity index (χ3n) is 6.14. The molecule has 0 atom stereocenters. The van der Waals surface area contributed by atoms with Crippen molar-refractivity contribution in [2.24, 2.45) is 0 Å². The molecule has 0 unspecified atom stereocenters. The van der Waals surface area contributed by atoms with Crippen molar-refractivity contribution in [2.75, 3.05) is 11.3 Å². The second-order valence-electron chi connectivity index (χ2n) is 8.52. The van der Waals surface area contributed by atoms with Gasteiger partial charge in [-0.1, -0.05) is 12.1 Å². The van der Waals surface area contributed by atoms with Gasteiger partial charge in [0.15, 0.2) is 0 Å². The van der Waals surface area contributed by atoms with Gasteiger partial charge in [-0.15, -0.1) is 0 Å². The molecule has 180 valence electrons.